The second-order valence-electron chi connectivity index (χ2n) is 10.2. The van der Waals surface area contributed by atoms with Gasteiger partial charge in [0.1, 0.15) is 11.9 Å². The van der Waals surface area contributed by atoms with Crippen molar-refractivity contribution in [3.05, 3.63) is 60.2 Å². The zero-order valence-corrected chi connectivity index (χ0v) is 20.7. The fraction of sp³-hybridized carbons (Fsp3) is 0.483. The summed E-state index contributed by atoms with van der Waals surface area (Å²) in [4.78, 5) is 29.5. The molecule has 1 aliphatic heterocycles. The van der Waals surface area contributed by atoms with E-state index in [9.17, 15) is 14.0 Å². The smallest absolute Gasteiger partial charge is 0.407 e. The first kappa shape index (κ1) is 24.5. The van der Waals surface area contributed by atoms with Gasteiger partial charge in [-0.05, 0) is 80.7 Å². The summed E-state index contributed by atoms with van der Waals surface area (Å²) in [6, 6.07) is 10.3. The van der Waals surface area contributed by atoms with E-state index in [0.717, 1.165) is 42.5 Å². The standard InChI is InChI=1S/C29H33FN2O4/c1-3-35-29(34)32-26-9-5-8-22-23(27-17(2)36-28(33)25(27)15-24(22)26)13-12-21-11-10-19(16-31-21)18-6-4-7-20(30)14-18/h4,6-7,10-14,16-17,22-27H,3,5,8-9,15H2,1-2H3,(H,32,34)/t17-,22+,23+,24+,25-,26+,27+/m1/s1. The Morgan fingerprint density at radius 3 is 2.83 bits per heavy atom. The molecular weight excluding hydrogens is 459 g/mol. The maximum absolute atomic E-state index is 13.6. The first-order valence-electron chi connectivity index (χ1n) is 13.0. The molecule has 0 unspecified atom stereocenters. The first-order valence-corrected chi connectivity index (χ1v) is 13.0. The van der Waals surface area contributed by atoms with Gasteiger partial charge in [-0.2, -0.15) is 0 Å². The van der Waals surface area contributed by atoms with E-state index in [2.05, 4.69) is 16.4 Å². The Balaban J connectivity index is 1.39. The van der Waals surface area contributed by atoms with E-state index in [1.54, 1.807) is 19.2 Å². The Kier molecular flexibility index (Phi) is 7.08. The van der Waals surface area contributed by atoms with Gasteiger partial charge in [0.15, 0.2) is 0 Å². The second-order valence-corrected chi connectivity index (χ2v) is 10.2. The molecule has 2 aliphatic carbocycles. The summed E-state index contributed by atoms with van der Waals surface area (Å²) in [6.45, 7) is 4.12. The normalized spacial score (nSPS) is 31.4. The molecule has 1 saturated heterocycles. The quantitative estimate of drug-likeness (QED) is 0.548. The molecule has 1 amide bonds. The van der Waals surface area contributed by atoms with Crippen LogP contribution in [-0.4, -0.2) is 35.8 Å². The van der Waals surface area contributed by atoms with Crippen molar-refractivity contribution < 1.29 is 23.5 Å². The van der Waals surface area contributed by atoms with Crippen molar-refractivity contribution >= 4 is 18.1 Å². The maximum atomic E-state index is 13.6. The Labute approximate surface area is 211 Å². The number of allylic oxidation sites excluding steroid dienone is 1. The molecule has 5 rings (SSSR count). The van der Waals surface area contributed by atoms with Crippen LogP contribution in [-0.2, 0) is 14.3 Å². The Hall–Kier alpha value is -3.22. The molecule has 1 aromatic carbocycles. The highest BCUT2D eigenvalue weighted by molar-refractivity contribution is 5.76. The molecule has 7 heteroatoms. The van der Waals surface area contributed by atoms with Gasteiger partial charge in [-0.3, -0.25) is 9.78 Å². The van der Waals surface area contributed by atoms with Gasteiger partial charge in [0.2, 0.25) is 0 Å². The molecule has 3 aliphatic rings. The first-order chi connectivity index (χ1) is 17.4. The average Bonchev–Trinajstić information content (AvgIpc) is 3.15. The number of carbonyl (C=O) groups excluding carboxylic acids is 2. The van der Waals surface area contributed by atoms with Gasteiger partial charge in [0.25, 0.3) is 0 Å². The molecule has 6 nitrogen and oxygen atoms in total. The third-order valence-corrected chi connectivity index (χ3v) is 8.21. The van der Waals surface area contributed by atoms with Crippen molar-refractivity contribution in [1.29, 1.82) is 0 Å². The summed E-state index contributed by atoms with van der Waals surface area (Å²) in [5.41, 5.74) is 2.45. The van der Waals surface area contributed by atoms with Crippen molar-refractivity contribution in [3.63, 3.8) is 0 Å². The average molecular weight is 493 g/mol. The number of rotatable bonds is 5. The molecule has 36 heavy (non-hydrogen) atoms. The van der Waals surface area contributed by atoms with Crippen LogP contribution in [0.4, 0.5) is 9.18 Å². The molecule has 0 radical (unpaired) electrons. The van der Waals surface area contributed by atoms with Crippen LogP contribution >= 0.6 is 0 Å². The van der Waals surface area contributed by atoms with Gasteiger partial charge in [-0.15, -0.1) is 0 Å². The lowest BCUT2D eigenvalue weighted by molar-refractivity contribution is -0.144. The molecule has 3 fully saturated rings. The molecule has 1 aromatic heterocycles. The minimum atomic E-state index is -0.387. The van der Waals surface area contributed by atoms with E-state index in [0.29, 0.717) is 12.5 Å². The van der Waals surface area contributed by atoms with Gasteiger partial charge >= 0.3 is 12.1 Å². The van der Waals surface area contributed by atoms with Crippen LogP contribution in [0, 0.1) is 35.4 Å². The van der Waals surface area contributed by atoms with Gasteiger partial charge in [0, 0.05) is 23.7 Å². The molecule has 190 valence electrons. The number of alkyl carbamates (subject to hydrolysis) is 1. The Morgan fingerprint density at radius 1 is 1.22 bits per heavy atom. The number of cyclic esters (lactones) is 1. The number of esters is 1. The van der Waals surface area contributed by atoms with Crippen LogP contribution in [0.2, 0.25) is 0 Å². The lowest BCUT2D eigenvalue weighted by Crippen LogP contribution is -2.52. The summed E-state index contributed by atoms with van der Waals surface area (Å²) in [5, 5.41) is 3.07. The minimum Gasteiger partial charge on any atom is -0.462 e. The van der Waals surface area contributed by atoms with Gasteiger partial charge < -0.3 is 14.8 Å². The lowest BCUT2D eigenvalue weighted by atomic mass is 9.56. The zero-order valence-electron chi connectivity index (χ0n) is 20.7. The fourth-order valence-corrected chi connectivity index (χ4v) is 6.69. The Bertz CT molecular complexity index is 1130. The van der Waals surface area contributed by atoms with E-state index in [1.165, 1.54) is 12.1 Å². The number of carbonyl (C=O) groups is 2. The van der Waals surface area contributed by atoms with Crippen molar-refractivity contribution in [2.75, 3.05) is 6.61 Å². The molecule has 1 N–H and O–H groups in total. The largest absolute Gasteiger partial charge is 0.462 e. The number of halogens is 1. The predicted molar refractivity (Wildman–Crippen MR) is 134 cm³/mol. The number of nitrogens with one attached hydrogen (secondary N) is 1. The number of pyridine rings is 1. The van der Waals surface area contributed by atoms with Crippen molar-refractivity contribution in [3.8, 4) is 11.1 Å². The summed E-state index contributed by atoms with van der Waals surface area (Å²) >= 11 is 0. The van der Waals surface area contributed by atoms with Gasteiger partial charge in [0.05, 0.1) is 18.2 Å². The monoisotopic (exact) mass is 492 g/mol. The Morgan fingerprint density at radius 2 is 2.08 bits per heavy atom. The molecule has 2 saturated carbocycles. The van der Waals surface area contributed by atoms with Gasteiger partial charge in [-0.1, -0.05) is 30.7 Å². The van der Waals surface area contributed by atoms with E-state index >= 15 is 0 Å². The topological polar surface area (TPSA) is 77.5 Å². The zero-order chi connectivity index (χ0) is 25.2. The van der Waals surface area contributed by atoms with E-state index in [1.807, 2.05) is 31.2 Å². The summed E-state index contributed by atoms with van der Waals surface area (Å²) in [5.74, 6) is 0.233. The highest BCUT2D eigenvalue weighted by Crippen LogP contribution is 2.53. The third-order valence-electron chi connectivity index (χ3n) is 8.21. The van der Waals surface area contributed by atoms with E-state index in [-0.39, 0.29) is 53.7 Å². The summed E-state index contributed by atoms with van der Waals surface area (Å²) in [7, 11) is 0. The predicted octanol–water partition coefficient (Wildman–Crippen LogP) is 5.63. The van der Waals surface area contributed by atoms with Crippen LogP contribution in [0.15, 0.2) is 48.7 Å². The molecule has 0 bridgehead atoms. The highest BCUT2D eigenvalue weighted by atomic mass is 19.1. The summed E-state index contributed by atoms with van der Waals surface area (Å²) < 4.78 is 24.4. The number of fused-ring (bicyclic) bond motifs is 2. The number of aromatic nitrogens is 1. The van der Waals surface area contributed by atoms with Crippen LogP contribution in [0.5, 0.6) is 0 Å². The van der Waals surface area contributed by atoms with E-state index < -0.39 is 0 Å². The number of nitrogens with zero attached hydrogens (tertiary/aromatic N) is 1. The van der Waals surface area contributed by atoms with Crippen LogP contribution < -0.4 is 5.32 Å². The highest BCUT2D eigenvalue weighted by Gasteiger charge is 2.55. The van der Waals surface area contributed by atoms with E-state index in [4.69, 9.17) is 9.47 Å². The number of hydrogen-bond acceptors (Lipinski definition) is 5. The number of benzene rings is 1. The van der Waals surface area contributed by atoms with Crippen molar-refractivity contribution in [2.24, 2.45) is 29.6 Å². The van der Waals surface area contributed by atoms with Crippen molar-refractivity contribution in [2.45, 2.75) is 51.7 Å². The summed E-state index contributed by atoms with van der Waals surface area (Å²) in [6.07, 6.45) is 9.15. The molecular formula is C29H33FN2O4. The minimum absolute atomic E-state index is 0.00738. The van der Waals surface area contributed by atoms with Crippen LogP contribution in [0.1, 0.15) is 45.2 Å². The van der Waals surface area contributed by atoms with Crippen LogP contribution in [0.3, 0.4) is 0 Å². The molecule has 0 spiro atoms. The maximum Gasteiger partial charge on any atom is 0.407 e. The molecule has 7 atom stereocenters. The third kappa shape index (κ3) is 4.88. The lowest BCUT2D eigenvalue weighted by Gasteiger charge is -2.49. The SMILES string of the molecule is CCOC(=O)N[C@H]1CCC[C@H]2[C@H](C=Cc3ccc(-c4cccc(F)c4)cn3)[C@@H]3[C@@H](C)OC(=O)[C@@H]3C[C@@H]21. The second kappa shape index (κ2) is 10.4. The number of hydrogen-bond donors (Lipinski definition) is 1. The van der Waals surface area contributed by atoms with Gasteiger partial charge in [-0.25, -0.2) is 9.18 Å². The molecule has 2 heterocycles. The molecule has 2 aromatic rings. The number of ether oxygens (including phenoxy) is 2. The fourth-order valence-electron chi connectivity index (χ4n) is 6.69. The van der Waals surface area contributed by atoms with Crippen molar-refractivity contribution in [1.82, 2.24) is 10.3 Å². The van der Waals surface area contributed by atoms with Crippen LogP contribution in [0.25, 0.3) is 17.2 Å². The number of amides is 1.